The SMILES string of the molecule is CC(c1cccnc1)N(C)Cc1nnc(-c2cccs2)o1. The van der Waals surface area contributed by atoms with Gasteiger partial charge in [-0.3, -0.25) is 9.88 Å². The summed E-state index contributed by atoms with van der Waals surface area (Å²) >= 11 is 1.59. The number of pyridine rings is 1. The molecule has 0 aromatic carbocycles. The summed E-state index contributed by atoms with van der Waals surface area (Å²) in [6, 6.07) is 8.20. The number of aromatic nitrogens is 3. The van der Waals surface area contributed by atoms with Crippen molar-refractivity contribution in [3.05, 3.63) is 53.5 Å². The van der Waals surface area contributed by atoms with Gasteiger partial charge >= 0.3 is 0 Å². The van der Waals surface area contributed by atoms with Crippen molar-refractivity contribution in [2.24, 2.45) is 0 Å². The van der Waals surface area contributed by atoms with Crippen molar-refractivity contribution < 1.29 is 4.42 Å². The van der Waals surface area contributed by atoms with E-state index in [1.165, 1.54) is 0 Å². The number of hydrogen-bond acceptors (Lipinski definition) is 6. The smallest absolute Gasteiger partial charge is 0.257 e. The molecular formula is C15H16N4OS. The summed E-state index contributed by atoms with van der Waals surface area (Å²) in [6.07, 6.45) is 3.66. The molecule has 0 N–H and O–H groups in total. The second-order valence-corrected chi connectivity index (χ2v) is 5.80. The first-order chi connectivity index (χ1) is 10.2. The molecule has 1 atom stereocenters. The molecule has 3 aromatic heterocycles. The Kier molecular flexibility index (Phi) is 4.08. The minimum Gasteiger partial charge on any atom is -0.419 e. The monoisotopic (exact) mass is 300 g/mol. The third kappa shape index (κ3) is 3.17. The fourth-order valence-corrected chi connectivity index (χ4v) is 2.69. The van der Waals surface area contributed by atoms with Crippen LogP contribution in [-0.4, -0.2) is 27.1 Å². The molecule has 6 heteroatoms. The van der Waals surface area contributed by atoms with Crippen LogP contribution in [0.4, 0.5) is 0 Å². The van der Waals surface area contributed by atoms with Crippen molar-refractivity contribution in [3.8, 4) is 10.8 Å². The zero-order valence-electron chi connectivity index (χ0n) is 11.9. The van der Waals surface area contributed by atoms with Crippen molar-refractivity contribution in [1.29, 1.82) is 0 Å². The van der Waals surface area contributed by atoms with Gasteiger partial charge < -0.3 is 4.42 Å². The second-order valence-electron chi connectivity index (χ2n) is 4.86. The van der Waals surface area contributed by atoms with Crippen LogP contribution in [0.3, 0.4) is 0 Å². The lowest BCUT2D eigenvalue weighted by atomic mass is 10.1. The molecule has 0 spiro atoms. The minimum atomic E-state index is 0.232. The summed E-state index contributed by atoms with van der Waals surface area (Å²) in [6.45, 7) is 2.74. The van der Waals surface area contributed by atoms with E-state index < -0.39 is 0 Å². The fourth-order valence-electron chi connectivity index (χ4n) is 2.05. The molecule has 5 nitrogen and oxygen atoms in total. The molecule has 0 radical (unpaired) electrons. The molecule has 3 rings (SSSR count). The van der Waals surface area contributed by atoms with Gasteiger partial charge in [0.05, 0.1) is 11.4 Å². The van der Waals surface area contributed by atoms with Gasteiger partial charge in [0.25, 0.3) is 5.89 Å². The van der Waals surface area contributed by atoms with Crippen LogP contribution >= 0.6 is 11.3 Å². The standard InChI is InChI=1S/C15H16N4OS/c1-11(12-5-3-7-16-9-12)19(2)10-14-17-18-15(20-14)13-6-4-8-21-13/h3-9,11H,10H2,1-2H3. The van der Waals surface area contributed by atoms with E-state index in [-0.39, 0.29) is 6.04 Å². The van der Waals surface area contributed by atoms with Gasteiger partial charge in [-0.1, -0.05) is 12.1 Å². The second kappa shape index (κ2) is 6.15. The molecule has 0 bridgehead atoms. The Morgan fingerprint density at radius 1 is 1.29 bits per heavy atom. The Morgan fingerprint density at radius 3 is 2.90 bits per heavy atom. The Bertz CT molecular complexity index is 681. The summed E-state index contributed by atoms with van der Waals surface area (Å²) < 4.78 is 5.72. The maximum atomic E-state index is 5.72. The van der Waals surface area contributed by atoms with E-state index in [0.29, 0.717) is 18.3 Å². The molecule has 108 valence electrons. The topological polar surface area (TPSA) is 55.1 Å². The van der Waals surface area contributed by atoms with Crippen molar-refractivity contribution in [2.45, 2.75) is 19.5 Å². The Hall–Kier alpha value is -2.05. The Balaban J connectivity index is 1.69. The van der Waals surface area contributed by atoms with Crippen LogP contribution in [-0.2, 0) is 6.54 Å². The molecule has 0 aliphatic carbocycles. The van der Waals surface area contributed by atoms with Crippen molar-refractivity contribution in [2.75, 3.05) is 7.05 Å². The van der Waals surface area contributed by atoms with Crippen LogP contribution in [0.2, 0.25) is 0 Å². The first-order valence-corrected chi connectivity index (χ1v) is 7.58. The summed E-state index contributed by atoms with van der Waals surface area (Å²) in [7, 11) is 2.03. The van der Waals surface area contributed by atoms with Gasteiger partial charge in [-0.15, -0.1) is 21.5 Å². The van der Waals surface area contributed by atoms with Gasteiger partial charge in [-0.25, -0.2) is 0 Å². The number of rotatable bonds is 5. The summed E-state index contributed by atoms with van der Waals surface area (Å²) in [5.74, 6) is 1.21. The van der Waals surface area contributed by atoms with Crippen LogP contribution in [0.25, 0.3) is 10.8 Å². The number of hydrogen-bond donors (Lipinski definition) is 0. The van der Waals surface area contributed by atoms with Gasteiger partial charge in [0.2, 0.25) is 5.89 Å². The quantitative estimate of drug-likeness (QED) is 0.723. The third-order valence-corrected chi connectivity index (χ3v) is 4.27. The third-order valence-electron chi connectivity index (χ3n) is 3.41. The van der Waals surface area contributed by atoms with Crippen molar-refractivity contribution in [1.82, 2.24) is 20.1 Å². The van der Waals surface area contributed by atoms with E-state index >= 15 is 0 Å². The lowest BCUT2D eigenvalue weighted by Gasteiger charge is -2.22. The zero-order valence-corrected chi connectivity index (χ0v) is 12.7. The predicted molar refractivity (Wildman–Crippen MR) is 81.7 cm³/mol. The highest BCUT2D eigenvalue weighted by Gasteiger charge is 2.16. The number of thiophene rings is 1. The van der Waals surface area contributed by atoms with Gasteiger partial charge in [0, 0.05) is 18.4 Å². The van der Waals surface area contributed by atoms with E-state index in [0.717, 1.165) is 10.4 Å². The van der Waals surface area contributed by atoms with Gasteiger partial charge in [-0.05, 0) is 37.0 Å². The lowest BCUT2D eigenvalue weighted by molar-refractivity contribution is 0.228. The predicted octanol–water partition coefficient (Wildman–Crippen LogP) is 3.39. The molecule has 0 amide bonds. The molecule has 0 saturated heterocycles. The molecule has 3 heterocycles. The van der Waals surface area contributed by atoms with Gasteiger partial charge in [0.1, 0.15) is 0 Å². The van der Waals surface area contributed by atoms with E-state index in [1.54, 1.807) is 17.5 Å². The highest BCUT2D eigenvalue weighted by Crippen LogP contribution is 2.24. The molecule has 0 aliphatic heterocycles. The molecule has 0 fully saturated rings. The molecule has 21 heavy (non-hydrogen) atoms. The highest BCUT2D eigenvalue weighted by atomic mass is 32.1. The fraction of sp³-hybridized carbons (Fsp3) is 0.267. The van der Waals surface area contributed by atoms with E-state index in [4.69, 9.17) is 4.42 Å². The molecular weight excluding hydrogens is 284 g/mol. The van der Waals surface area contributed by atoms with Gasteiger partial charge in [0.15, 0.2) is 0 Å². The van der Waals surface area contributed by atoms with Crippen LogP contribution in [0.15, 0.2) is 46.5 Å². The van der Waals surface area contributed by atoms with Crippen LogP contribution in [0.1, 0.15) is 24.4 Å². The average molecular weight is 300 g/mol. The normalized spacial score (nSPS) is 12.7. The maximum absolute atomic E-state index is 5.72. The van der Waals surface area contributed by atoms with E-state index in [2.05, 4.69) is 33.1 Å². The molecule has 1 unspecified atom stereocenters. The maximum Gasteiger partial charge on any atom is 0.257 e. The first-order valence-electron chi connectivity index (χ1n) is 6.70. The summed E-state index contributed by atoms with van der Waals surface area (Å²) in [5, 5.41) is 10.2. The lowest BCUT2D eigenvalue weighted by Crippen LogP contribution is -2.22. The molecule has 0 aliphatic rings. The first kappa shape index (κ1) is 13.9. The zero-order chi connectivity index (χ0) is 14.7. The average Bonchev–Trinajstić information content (AvgIpc) is 3.18. The summed E-state index contributed by atoms with van der Waals surface area (Å²) in [4.78, 5) is 7.31. The van der Waals surface area contributed by atoms with Crippen molar-refractivity contribution >= 4 is 11.3 Å². The minimum absolute atomic E-state index is 0.232. The van der Waals surface area contributed by atoms with E-state index in [1.807, 2.05) is 36.8 Å². The highest BCUT2D eigenvalue weighted by molar-refractivity contribution is 7.13. The molecule has 0 saturated carbocycles. The summed E-state index contributed by atoms with van der Waals surface area (Å²) in [5.41, 5.74) is 1.16. The van der Waals surface area contributed by atoms with Crippen molar-refractivity contribution in [3.63, 3.8) is 0 Å². The van der Waals surface area contributed by atoms with E-state index in [9.17, 15) is 0 Å². The largest absolute Gasteiger partial charge is 0.419 e. The van der Waals surface area contributed by atoms with Crippen LogP contribution < -0.4 is 0 Å². The Labute approximate surface area is 127 Å². The van der Waals surface area contributed by atoms with Gasteiger partial charge in [-0.2, -0.15) is 0 Å². The number of nitrogens with zero attached hydrogens (tertiary/aromatic N) is 4. The molecule has 3 aromatic rings. The van der Waals surface area contributed by atoms with Crippen LogP contribution in [0, 0.1) is 0 Å². The Morgan fingerprint density at radius 2 is 2.19 bits per heavy atom. The van der Waals surface area contributed by atoms with Crippen LogP contribution in [0.5, 0.6) is 0 Å².